The van der Waals surface area contributed by atoms with E-state index in [0.717, 1.165) is 40.0 Å². The van der Waals surface area contributed by atoms with Crippen molar-refractivity contribution in [2.45, 2.75) is 11.3 Å². The molecule has 32 heavy (non-hydrogen) atoms. The number of hydrogen-bond acceptors (Lipinski definition) is 3. The van der Waals surface area contributed by atoms with Crippen LogP contribution in [0, 0.1) is 0 Å². The lowest BCUT2D eigenvalue weighted by Gasteiger charge is -2.17. The first-order valence-electron chi connectivity index (χ1n) is 10.6. The van der Waals surface area contributed by atoms with Crippen LogP contribution in [0.5, 0.6) is 0 Å². The van der Waals surface area contributed by atoms with Gasteiger partial charge in [0.05, 0.1) is 5.75 Å². The van der Waals surface area contributed by atoms with Gasteiger partial charge in [0.25, 0.3) is 5.91 Å². The van der Waals surface area contributed by atoms with Gasteiger partial charge < -0.3 is 10.2 Å². The molecular formula is C27H22N2O2S. The molecule has 0 spiro atoms. The van der Waals surface area contributed by atoms with E-state index in [1.54, 1.807) is 0 Å². The summed E-state index contributed by atoms with van der Waals surface area (Å²) in [6.45, 7) is 0.748. The number of para-hydroxylation sites is 1. The van der Waals surface area contributed by atoms with Gasteiger partial charge in [-0.1, -0.05) is 48.5 Å². The monoisotopic (exact) mass is 438 g/mol. The quantitative estimate of drug-likeness (QED) is 0.402. The van der Waals surface area contributed by atoms with Crippen LogP contribution in [-0.4, -0.2) is 24.1 Å². The van der Waals surface area contributed by atoms with Gasteiger partial charge in [0, 0.05) is 28.4 Å². The molecule has 5 rings (SSSR count). The molecule has 0 saturated heterocycles. The minimum absolute atomic E-state index is 0.119. The first-order valence-corrected chi connectivity index (χ1v) is 11.6. The van der Waals surface area contributed by atoms with Crippen LogP contribution in [0.1, 0.15) is 15.9 Å². The summed E-state index contributed by atoms with van der Waals surface area (Å²) in [7, 11) is 0. The van der Waals surface area contributed by atoms with Crippen LogP contribution in [0.4, 0.5) is 11.4 Å². The average Bonchev–Trinajstić information content (AvgIpc) is 3.27. The molecule has 0 atom stereocenters. The van der Waals surface area contributed by atoms with Gasteiger partial charge in [-0.2, -0.15) is 0 Å². The van der Waals surface area contributed by atoms with E-state index in [4.69, 9.17) is 0 Å². The second-order valence-electron chi connectivity index (χ2n) is 7.75. The van der Waals surface area contributed by atoms with Gasteiger partial charge in [-0.05, 0) is 65.2 Å². The van der Waals surface area contributed by atoms with Crippen molar-refractivity contribution in [3.8, 4) is 0 Å². The molecule has 4 aromatic rings. The van der Waals surface area contributed by atoms with Crippen LogP contribution in [0.25, 0.3) is 10.8 Å². The highest BCUT2D eigenvalue weighted by Gasteiger charge is 2.23. The highest BCUT2D eigenvalue weighted by molar-refractivity contribution is 8.00. The number of anilines is 2. The van der Waals surface area contributed by atoms with E-state index in [1.807, 2.05) is 89.8 Å². The molecule has 0 aromatic heterocycles. The SMILES string of the molecule is O=C(Nc1ccc(SCC(=O)N2CCc3ccccc32)cc1)c1ccc2ccccc2c1. The van der Waals surface area contributed by atoms with Crippen molar-refractivity contribution >= 4 is 45.7 Å². The maximum Gasteiger partial charge on any atom is 0.255 e. The predicted octanol–water partition coefficient (Wildman–Crippen LogP) is 5.77. The van der Waals surface area contributed by atoms with Gasteiger partial charge in [0.2, 0.25) is 5.91 Å². The molecule has 158 valence electrons. The van der Waals surface area contributed by atoms with Crippen molar-refractivity contribution in [3.05, 3.63) is 102 Å². The lowest BCUT2D eigenvalue weighted by molar-refractivity contribution is -0.116. The van der Waals surface area contributed by atoms with Gasteiger partial charge in [-0.15, -0.1) is 11.8 Å². The molecular weight excluding hydrogens is 416 g/mol. The van der Waals surface area contributed by atoms with Gasteiger partial charge in [0.15, 0.2) is 0 Å². The van der Waals surface area contributed by atoms with Gasteiger partial charge >= 0.3 is 0 Å². The Balaban J connectivity index is 1.19. The second kappa shape index (κ2) is 8.89. The second-order valence-corrected chi connectivity index (χ2v) is 8.80. The molecule has 0 fully saturated rings. The van der Waals surface area contributed by atoms with Crippen LogP contribution in [-0.2, 0) is 11.2 Å². The van der Waals surface area contributed by atoms with E-state index in [2.05, 4.69) is 11.4 Å². The normalized spacial score (nSPS) is 12.6. The van der Waals surface area contributed by atoms with Crippen molar-refractivity contribution in [1.29, 1.82) is 0 Å². The van der Waals surface area contributed by atoms with Crippen molar-refractivity contribution in [3.63, 3.8) is 0 Å². The largest absolute Gasteiger partial charge is 0.322 e. The first kappa shape index (κ1) is 20.3. The standard InChI is InChI=1S/C27H22N2O2S/c30-26(29-16-15-20-6-3-4-8-25(20)29)18-32-24-13-11-23(12-14-24)28-27(31)22-10-9-19-5-1-2-7-21(19)17-22/h1-14,17H,15-16,18H2,(H,28,31). The van der Waals surface area contributed by atoms with Crippen molar-refractivity contribution in [2.75, 3.05) is 22.5 Å². The van der Waals surface area contributed by atoms with Gasteiger partial charge in [-0.3, -0.25) is 9.59 Å². The molecule has 4 aromatic carbocycles. The molecule has 1 N–H and O–H groups in total. The molecule has 1 aliphatic heterocycles. The molecule has 0 radical (unpaired) electrons. The summed E-state index contributed by atoms with van der Waals surface area (Å²) in [5.41, 5.74) is 3.62. The zero-order valence-electron chi connectivity index (χ0n) is 17.5. The summed E-state index contributed by atoms with van der Waals surface area (Å²) < 4.78 is 0. The van der Waals surface area contributed by atoms with Crippen LogP contribution in [0.15, 0.2) is 95.9 Å². The van der Waals surface area contributed by atoms with Crippen LogP contribution < -0.4 is 10.2 Å². The number of thioether (sulfide) groups is 1. The van der Waals surface area contributed by atoms with Crippen molar-refractivity contribution < 1.29 is 9.59 Å². The van der Waals surface area contributed by atoms with E-state index < -0.39 is 0 Å². The fraction of sp³-hybridized carbons (Fsp3) is 0.111. The van der Waals surface area contributed by atoms with Crippen molar-refractivity contribution in [1.82, 2.24) is 0 Å². The Morgan fingerprint density at radius 2 is 1.59 bits per heavy atom. The van der Waals surface area contributed by atoms with E-state index >= 15 is 0 Å². The number of fused-ring (bicyclic) bond motifs is 2. The molecule has 2 amide bonds. The predicted molar refractivity (Wildman–Crippen MR) is 132 cm³/mol. The molecule has 4 nitrogen and oxygen atoms in total. The Kier molecular flexibility index (Phi) is 5.65. The molecule has 0 unspecified atom stereocenters. The van der Waals surface area contributed by atoms with Gasteiger partial charge in [-0.25, -0.2) is 0 Å². The number of nitrogens with one attached hydrogen (secondary N) is 1. The van der Waals surface area contributed by atoms with Crippen LogP contribution in [0.2, 0.25) is 0 Å². The summed E-state index contributed by atoms with van der Waals surface area (Å²) in [5, 5.41) is 5.10. The number of rotatable bonds is 5. The highest BCUT2D eigenvalue weighted by atomic mass is 32.2. The smallest absolute Gasteiger partial charge is 0.255 e. The van der Waals surface area contributed by atoms with E-state index in [-0.39, 0.29) is 11.8 Å². The van der Waals surface area contributed by atoms with Crippen molar-refractivity contribution in [2.24, 2.45) is 0 Å². The zero-order chi connectivity index (χ0) is 21.9. The number of nitrogens with zero attached hydrogens (tertiary/aromatic N) is 1. The molecule has 1 aliphatic rings. The lowest BCUT2D eigenvalue weighted by atomic mass is 10.1. The third-order valence-corrected chi connectivity index (χ3v) is 6.67. The number of carbonyl (C=O) groups excluding carboxylic acids is 2. The third-order valence-electron chi connectivity index (χ3n) is 5.67. The minimum Gasteiger partial charge on any atom is -0.322 e. The fourth-order valence-electron chi connectivity index (χ4n) is 3.99. The Morgan fingerprint density at radius 3 is 2.44 bits per heavy atom. The van der Waals surface area contributed by atoms with E-state index in [9.17, 15) is 9.59 Å². The summed E-state index contributed by atoms with van der Waals surface area (Å²) in [6.07, 6.45) is 0.915. The molecule has 0 saturated carbocycles. The van der Waals surface area contributed by atoms with Gasteiger partial charge in [0.1, 0.15) is 0 Å². The topological polar surface area (TPSA) is 49.4 Å². The number of carbonyl (C=O) groups is 2. The number of amides is 2. The average molecular weight is 439 g/mol. The lowest BCUT2D eigenvalue weighted by Crippen LogP contribution is -2.30. The molecule has 1 heterocycles. The fourth-order valence-corrected chi connectivity index (χ4v) is 4.76. The summed E-state index contributed by atoms with van der Waals surface area (Å²) in [5.74, 6) is 0.365. The number of hydrogen-bond donors (Lipinski definition) is 1. The Labute approximate surface area is 191 Å². The van der Waals surface area contributed by atoms with E-state index in [0.29, 0.717) is 11.3 Å². The Hall–Kier alpha value is -3.57. The summed E-state index contributed by atoms with van der Waals surface area (Å²) >= 11 is 1.51. The first-order chi connectivity index (χ1) is 15.7. The molecule has 0 bridgehead atoms. The van der Waals surface area contributed by atoms with Crippen LogP contribution in [0.3, 0.4) is 0 Å². The molecule has 0 aliphatic carbocycles. The number of benzene rings is 4. The zero-order valence-corrected chi connectivity index (χ0v) is 18.3. The Bertz CT molecular complexity index is 1300. The van der Waals surface area contributed by atoms with E-state index in [1.165, 1.54) is 17.3 Å². The minimum atomic E-state index is -0.140. The maximum atomic E-state index is 12.7. The van der Waals surface area contributed by atoms with Crippen LogP contribution >= 0.6 is 11.8 Å². The Morgan fingerprint density at radius 1 is 0.844 bits per heavy atom. The third kappa shape index (κ3) is 4.25. The highest BCUT2D eigenvalue weighted by Crippen LogP contribution is 2.29. The summed E-state index contributed by atoms with van der Waals surface area (Å²) in [4.78, 5) is 28.2. The molecule has 5 heteroatoms. The maximum absolute atomic E-state index is 12.7. The summed E-state index contributed by atoms with van der Waals surface area (Å²) in [6, 6.07) is 29.4.